The van der Waals surface area contributed by atoms with Crippen LogP contribution in [0.25, 0.3) is 11.3 Å². The van der Waals surface area contributed by atoms with Gasteiger partial charge in [0.25, 0.3) is 0 Å². The first-order valence-electron chi connectivity index (χ1n) is 10.7. The number of para-hydroxylation sites is 1. The minimum absolute atomic E-state index is 0.146. The fourth-order valence-corrected chi connectivity index (χ4v) is 4.29. The van der Waals surface area contributed by atoms with Crippen molar-refractivity contribution in [2.75, 3.05) is 12.9 Å². The van der Waals surface area contributed by atoms with E-state index in [1.165, 1.54) is 56.5 Å². The molecule has 37 heavy (non-hydrogen) atoms. The van der Waals surface area contributed by atoms with E-state index < -0.39 is 50.8 Å². The third kappa shape index (κ3) is 7.32. The highest BCUT2D eigenvalue weighted by molar-refractivity contribution is 7.91. The maximum absolute atomic E-state index is 13.5. The number of methoxy groups -OCH3 is 1. The fourth-order valence-electron chi connectivity index (χ4n) is 3.11. The number of ether oxygens (including phenoxy) is 1. The van der Waals surface area contributed by atoms with Gasteiger partial charge in [-0.1, -0.05) is 29.4 Å². The van der Waals surface area contributed by atoms with Gasteiger partial charge in [-0.15, -0.1) is 0 Å². The molecular formula is C24H21F4N3O5S. The molecule has 0 unspecified atom stereocenters. The highest BCUT2D eigenvalue weighted by Crippen LogP contribution is 2.34. The minimum atomic E-state index is -4.94. The molecule has 2 aromatic carbocycles. The molecule has 0 aliphatic carbocycles. The standard InChI is InChI=1S/C24H21F4N3O5S/c1-15(16-9-11-17(25)12-10-16)31-36-22(32)8-5-13-37(33,34)23-29-19(14-21(30-23)24(26,27)28)18-6-3-4-7-20(18)35-2/h3-4,6-7,9-12,14H,5,8,13H2,1-2H3. The average molecular weight is 540 g/mol. The minimum Gasteiger partial charge on any atom is -0.496 e. The third-order valence-electron chi connectivity index (χ3n) is 5.00. The first-order chi connectivity index (χ1) is 17.4. The number of alkyl halides is 3. The van der Waals surface area contributed by atoms with Crippen molar-refractivity contribution in [1.82, 2.24) is 9.97 Å². The van der Waals surface area contributed by atoms with Gasteiger partial charge in [-0.25, -0.2) is 27.6 Å². The summed E-state index contributed by atoms with van der Waals surface area (Å²) in [6.45, 7) is 1.52. The number of hydrogen-bond donors (Lipinski definition) is 0. The van der Waals surface area contributed by atoms with Gasteiger partial charge in [0.15, 0.2) is 0 Å². The fraction of sp³-hybridized carbons (Fsp3) is 0.250. The predicted octanol–water partition coefficient (Wildman–Crippen LogP) is 4.83. The molecular weight excluding hydrogens is 518 g/mol. The second kappa shape index (κ2) is 11.5. The van der Waals surface area contributed by atoms with E-state index in [1.807, 2.05) is 0 Å². The zero-order chi connectivity index (χ0) is 27.2. The zero-order valence-corrected chi connectivity index (χ0v) is 20.4. The van der Waals surface area contributed by atoms with Gasteiger partial charge in [0.1, 0.15) is 17.3 Å². The van der Waals surface area contributed by atoms with Crippen molar-refractivity contribution in [2.24, 2.45) is 5.16 Å². The molecule has 0 aliphatic heterocycles. The molecule has 0 radical (unpaired) electrons. The largest absolute Gasteiger partial charge is 0.496 e. The number of rotatable bonds is 9. The summed E-state index contributed by atoms with van der Waals surface area (Å²) in [5.41, 5.74) is -0.797. The van der Waals surface area contributed by atoms with Crippen molar-refractivity contribution in [3.63, 3.8) is 0 Å². The molecule has 3 aromatic rings. The van der Waals surface area contributed by atoms with Crippen LogP contribution in [0.1, 0.15) is 31.0 Å². The Bertz CT molecular complexity index is 1410. The lowest BCUT2D eigenvalue weighted by molar-refractivity contribution is -0.143. The molecule has 13 heteroatoms. The quantitative estimate of drug-likeness (QED) is 0.126. The van der Waals surface area contributed by atoms with Gasteiger partial charge in [0.05, 0.1) is 24.3 Å². The van der Waals surface area contributed by atoms with E-state index >= 15 is 0 Å². The lowest BCUT2D eigenvalue weighted by Crippen LogP contribution is -2.17. The van der Waals surface area contributed by atoms with Crippen LogP contribution in [0.2, 0.25) is 0 Å². The van der Waals surface area contributed by atoms with Gasteiger partial charge in [0, 0.05) is 12.0 Å². The Labute approximate surface area is 209 Å². The summed E-state index contributed by atoms with van der Waals surface area (Å²) in [6, 6.07) is 12.0. The molecule has 0 fully saturated rings. The maximum atomic E-state index is 13.5. The number of carbonyl (C=O) groups excluding carboxylic acids is 1. The van der Waals surface area contributed by atoms with Crippen LogP contribution in [0.5, 0.6) is 5.75 Å². The summed E-state index contributed by atoms with van der Waals surface area (Å²) in [6.07, 6.45) is -5.61. The lowest BCUT2D eigenvalue weighted by Gasteiger charge is -2.13. The van der Waals surface area contributed by atoms with Crippen LogP contribution in [0.4, 0.5) is 17.6 Å². The molecule has 0 bridgehead atoms. The van der Waals surface area contributed by atoms with Crippen LogP contribution in [0.3, 0.4) is 0 Å². The number of halogens is 4. The van der Waals surface area contributed by atoms with E-state index in [1.54, 1.807) is 6.07 Å². The van der Waals surface area contributed by atoms with Gasteiger partial charge >= 0.3 is 12.1 Å². The lowest BCUT2D eigenvalue weighted by atomic mass is 10.1. The van der Waals surface area contributed by atoms with Gasteiger partial charge in [-0.05, 0) is 49.2 Å². The predicted molar refractivity (Wildman–Crippen MR) is 125 cm³/mol. The van der Waals surface area contributed by atoms with Gasteiger partial charge in [-0.3, -0.25) is 0 Å². The number of benzene rings is 2. The Hall–Kier alpha value is -3.87. The first-order valence-corrected chi connectivity index (χ1v) is 12.4. The van der Waals surface area contributed by atoms with E-state index in [2.05, 4.69) is 15.1 Å². The van der Waals surface area contributed by atoms with Crippen LogP contribution >= 0.6 is 0 Å². The zero-order valence-electron chi connectivity index (χ0n) is 19.6. The number of nitrogens with zero attached hydrogens (tertiary/aromatic N) is 3. The Morgan fingerprint density at radius 2 is 1.73 bits per heavy atom. The number of aromatic nitrogens is 2. The van der Waals surface area contributed by atoms with E-state index in [9.17, 15) is 30.8 Å². The van der Waals surface area contributed by atoms with E-state index in [-0.39, 0.29) is 29.1 Å². The third-order valence-corrected chi connectivity index (χ3v) is 6.56. The highest BCUT2D eigenvalue weighted by Gasteiger charge is 2.35. The van der Waals surface area contributed by atoms with Gasteiger partial charge in [-0.2, -0.15) is 13.2 Å². The normalized spacial score (nSPS) is 12.3. The van der Waals surface area contributed by atoms with E-state index in [0.29, 0.717) is 11.6 Å². The molecule has 0 N–H and O–H groups in total. The van der Waals surface area contributed by atoms with Crippen molar-refractivity contribution in [3.8, 4) is 17.0 Å². The summed E-state index contributed by atoms with van der Waals surface area (Å²) < 4.78 is 84.1. The van der Waals surface area contributed by atoms with Crippen LogP contribution in [0.15, 0.2) is 64.9 Å². The molecule has 0 atom stereocenters. The molecule has 0 saturated carbocycles. The van der Waals surface area contributed by atoms with Crippen molar-refractivity contribution in [1.29, 1.82) is 0 Å². The molecule has 1 aromatic heterocycles. The van der Waals surface area contributed by atoms with Crippen molar-refractivity contribution >= 4 is 21.5 Å². The van der Waals surface area contributed by atoms with Crippen molar-refractivity contribution in [3.05, 3.63) is 71.7 Å². The Morgan fingerprint density at radius 1 is 1.05 bits per heavy atom. The van der Waals surface area contributed by atoms with Gasteiger partial charge in [0.2, 0.25) is 15.0 Å². The van der Waals surface area contributed by atoms with Crippen LogP contribution < -0.4 is 4.74 Å². The summed E-state index contributed by atoms with van der Waals surface area (Å²) in [5.74, 6) is -1.84. The Morgan fingerprint density at radius 3 is 2.38 bits per heavy atom. The molecule has 0 spiro atoms. The van der Waals surface area contributed by atoms with Crippen molar-refractivity contribution < 1.29 is 40.3 Å². The summed E-state index contributed by atoms with van der Waals surface area (Å²) in [7, 11) is -3.10. The SMILES string of the molecule is COc1ccccc1-c1cc(C(F)(F)F)nc(S(=O)(=O)CCCC(=O)ON=C(C)c2ccc(F)cc2)n1. The molecule has 0 amide bonds. The topological polar surface area (TPSA) is 108 Å². The summed E-state index contributed by atoms with van der Waals surface area (Å²) in [5, 5.41) is 2.60. The van der Waals surface area contributed by atoms with E-state index in [0.717, 1.165) is 0 Å². The second-order valence-corrected chi connectivity index (χ2v) is 9.69. The average Bonchev–Trinajstić information content (AvgIpc) is 2.86. The Kier molecular flexibility index (Phi) is 8.58. The number of hydrogen-bond acceptors (Lipinski definition) is 8. The molecule has 0 aliphatic rings. The van der Waals surface area contributed by atoms with Crippen LogP contribution in [-0.2, 0) is 25.6 Å². The molecule has 3 rings (SSSR count). The number of oxime groups is 1. The first kappa shape index (κ1) is 27.7. The van der Waals surface area contributed by atoms with Crippen LogP contribution in [0, 0.1) is 5.82 Å². The summed E-state index contributed by atoms with van der Waals surface area (Å²) in [4.78, 5) is 23.8. The molecule has 8 nitrogen and oxygen atoms in total. The maximum Gasteiger partial charge on any atom is 0.433 e. The molecule has 1 heterocycles. The number of carbonyl (C=O) groups is 1. The number of sulfone groups is 1. The monoisotopic (exact) mass is 539 g/mol. The smallest absolute Gasteiger partial charge is 0.433 e. The molecule has 196 valence electrons. The van der Waals surface area contributed by atoms with Crippen molar-refractivity contribution in [2.45, 2.75) is 31.1 Å². The highest BCUT2D eigenvalue weighted by atomic mass is 32.2. The van der Waals surface area contributed by atoms with Crippen LogP contribution in [-0.4, -0.2) is 42.9 Å². The molecule has 0 saturated heterocycles. The summed E-state index contributed by atoms with van der Waals surface area (Å²) >= 11 is 0. The second-order valence-electron chi connectivity index (χ2n) is 7.69. The van der Waals surface area contributed by atoms with E-state index in [4.69, 9.17) is 9.57 Å². The van der Waals surface area contributed by atoms with Gasteiger partial charge < -0.3 is 9.57 Å². The Balaban J connectivity index is 1.74.